The molecule has 0 spiro atoms. The zero-order valence-electron chi connectivity index (χ0n) is 10.8. The number of carbonyl (C=O) groups is 1. The van der Waals surface area contributed by atoms with Gasteiger partial charge in [-0.2, -0.15) is 0 Å². The molecular weight excluding hydrogens is 315 g/mol. The zero-order chi connectivity index (χ0) is 14.4. The number of thiazole rings is 1. The molecule has 20 heavy (non-hydrogen) atoms. The Morgan fingerprint density at radius 3 is 2.70 bits per heavy atom. The molecule has 0 bridgehead atoms. The first kappa shape index (κ1) is 13.6. The molecule has 0 atom stereocenters. The van der Waals surface area contributed by atoms with E-state index in [9.17, 15) is 4.79 Å². The van der Waals surface area contributed by atoms with Crippen molar-refractivity contribution in [2.24, 2.45) is 0 Å². The maximum absolute atomic E-state index is 11.3. The number of imidazole rings is 1. The third-order valence-electron chi connectivity index (χ3n) is 3.17. The molecule has 2 heterocycles. The number of aryl methyl sites for hydroxylation is 2. The molecule has 0 aliphatic carbocycles. The molecule has 0 unspecified atom stereocenters. The standard InChI is InChI=1S/C14H10Cl2N2OS/c1-7-12(6-19)18-13(8(2)20-14(18)17-7)10-4-3-9(15)5-11(10)16/h3-6H,1-2H3. The van der Waals surface area contributed by atoms with Crippen LogP contribution >= 0.6 is 34.5 Å². The third-order valence-corrected chi connectivity index (χ3v) is 4.67. The summed E-state index contributed by atoms with van der Waals surface area (Å²) in [6.45, 7) is 3.82. The van der Waals surface area contributed by atoms with Gasteiger partial charge in [0.2, 0.25) is 0 Å². The summed E-state index contributed by atoms with van der Waals surface area (Å²) in [5, 5.41) is 1.14. The number of hydrogen-bond acceptors (Lipinski definition) is 3. The van der Waals surface area contributed by atoms with Gasteiger partial charge in [0.05, 0.1) is 16.4 Å². The molecule has 0 aliphatic rings. The maximum Gasteiger partial charge on any atom is 0.195 e. The summed E-state index contributed by atoms with van der Waals surface area (Å²) in [6, 6.07) is 5.35. The van der Waals surface area contributed by atoms with Gasteiger partial charge in [-0.1, -0.05) is 23.2 Å². The smallest absolute Gasteiger partial charge is 0.195 e. The van der Waals surface area contributed by atoms with Crippen LogP contribution in [0.4, 0.5) is 0 Å². The van der Waals surface area contributed by atoms with Gasteiger partial charge in [0.1, 0.15) is 5.69 Å². The maximum atomic E-state index is 11.3. The van der Waals surface area contributed by atoms with Gasteiger partial charge in [0.15, 0.2) is 11.2 Å². The van der Waals surface area contributed by atoms with Gasteiger partial charge in [-0.05, 0) is 32.0 Å². The second-order valence-corrected chi connectivity index (χ2v) is 6.47. The van der Waals surface area contributed by atoms with Crippen molar-refractivity contribution in [3.63, 3.8) is 0 Å². The van der Waals surface area contributed by atoms with E-state index < -0.39 is 0 Å². The van der Waals surface area contributed by atoms with Crippen LogP contribution in [-0.4, -0.2) is 15.7 Å². The fourth-order valence-electron chi connectivity index (χ4n) is 2.27. The van der Waals surface area contributed by atoms with Crippen molar-refractivity contribution in [2.75, 3.05) is 0 Å². The minimum Gasteiger partial charge on any atom is -0.296 e. The summed E-state index contributed by atoms with van der Waals surface area (Å²) < 4.78 is 1.86. The molecule has 1 aromatic carbocycles. The first-order valence-electron chi connectivity index (χ1n) is 5.92. The highest BCUT2D eigenvalue weighted by Gasteiger charge is 2.19. The number of aromatic nitrogens is 2. The lowest BCUT2D eigenvalue weighted by atomic mass is 10.1. The minimum absolute atomic E-state index is 0.559. The Hall–Kier alpha value is -1.36. The molecule has 0 amide bonds. The Balaban J connectivity index is 2.40. The van der Waals surface area contributed by atoms with Crippen molar-refractivity contribution in [3.05, 3.63) is 44.5 Å². The van der Waals surface area contributed by atoms with E-state index >= 15 is 0 Å². The SMILES string of the molecule is Cc1nc2sc(C)c(-c3ccc(Cl)cc3Cl)n2c1C=O. The van der Waals surface area contributed by atoms with Crippen LogP contribution in [0.5, 0.6) is 0 Å². The van der Waals surface area contributed by atoms with Crippen molar-refractivity contribution in [2.45, 2.75) is 13.8 Å². The fourth-order valence-corrected chi connectivity index (χ4v) is 3.81. The Bertz CT molecular complexity index is 835. The van der Waals surface area contributed by atoms with Gasteiger partial charge in [-0.25, -0.2) is 4.98 Å². The molecule has 6 heteroatoms. The lowest BCUT2D eigenvalue weighted by Crippen LogP contribution is -1.95. The number of halogens is 2. The van der Waals surface area contributed by atoms with Crippen molar-refractivity contribution >= 4 is 45.8 Å². The number of nitrogens with zero attached hydrogens (tertiary/aromatic N) is 2. The molecule has 0 radical (unpaired) electrons. The second-order valence-electron chi connectivity index (χ2n) is 4.45. The Labute approximate surface area is 129 Å². The van der Waals surface area contributed by atoms with Gasteiger partial charge in [0, 0.05) is 15.5 Å². The van der Waals surface area contributed by atoms with Gasteiger partial charge in [-0.3, -0.25) is 9.20 Å². The van der Waals surface area contributed by atoms with Crippen LogP contribution in [0.2, 0.25) is 10.0 Å². The first-order valence-corrected chi connectivity index (χ1v) is 7.49. The Morgan fingerprint density at radius 1 is 1.30 bits per heavy atom. The summed E-state index contributed by atoms with van der Waals surface area (Å²) >= 11 is 13.8. The number of aldehydes is 1. The van der Waals surface area contributed by atoms with E-state index in [0.717, 1.165) is 33.1 Å². The molecule has 0 N–H and O–H groups in total. The predicted molar refractivity (Wildman–Crippen MR) is 83.4 cm³/mol. The van der Waals surface area contributed by atoms with E-state index in [1.165, 1.54) is 11.3 Å². The molecule has 102 valence electrons. The van der Waals surface area contributed by atoms with Crippen LogP contribution in [0.15, 0.2) is 18.2 Å². The van der Waals surface area contributed by atoms with Gasteiger partial charge >= 0.3 is 0 Å². The largest absolute Gasteiger partial charge is 0.296 e. The lowest BCUT2D eigenvalue weighted by Gasteiger charge is -2.06. The molecule has 0 aliphatic heterocycles. The van der Waals surface area contributed by atoms with E-state index in [2.05, 4.69) is 4.98 Å². The zero-order valence-corrected chi connectivity index (χ0v) is 13.1. The van der Waals surface area contributed by atoms with Gasteiger partial charge in [0.25, 0.3) is 0 Å². The van der Waals surface area contributed by atoms with Crippen molar-refractivity contribution in [1.29, 1.82) is 0 Å². The molecule has 3 rings (SSSR count). The molecule has 0 saturated carbocycles. The van der Waals surface area contributed by atoms with Gasteiger partial charge < -0.3 is 0 Å². The lowest BCUT2D eigenvalue weighted by molar-refractivity contribution is 0.111. The van der Waals surface area contributed by atoms with Gasteiger partial charge in [-0.15, -0.1) is 11.3 Å². The number of carbonyl (C=O) groups excluding carboxylic acids is 1. The Morgan fingerprint density at radius 2 is 2.05 bits per heavy atom. The van der Waals surface area contributed by atoms with Crippen LogP contribution in [0.25, 0.3) is 16.2 Å². The highest BCUT2D eigenvalue weighted by molar-refractivity contribution is 7.17. The third kappa shape index (κ3) is 1.95. The molecule has 3 aromatic rings. The highest BCUT2D eigenvalue weighted by Crippen LogP contribution is 2.37. The quantitative estimate of drug-likeness (QED) is 0.634. The minimum atomic E-state index is 0.559. The van der Waals surface area contributed by atoms with Crippen LogP contribution < -0.4 is 0 Å². The van der Waals surface area contributed by atoms with Crippen LogP contribution in [0, 0.1) is 13.8 Å². The van der Waals surface area contributed by atoms with E-state index in [1.807, 2.05) is 24.3 Å². The normalized spacial score (nSPS) is 11.2. The topological polar surface area (TPSA) is 34.4 Å². The number of rotatable bonds is 2. The van der Waals surface area contributed by atoms with E-state index in [4.69, 9.17) is 23.2 Å². The van der Waals surface area contributed by atoms with Crippen LogP contribution in [0.1, 0.15) is 21.1 Å². The van der Waals surface area contributed by atoms with E-state index in [1.54, 1.807) is 12.1 Å². The summed E-state index contributed by atoms with van der Waals surface area (Å²) in [7, 11) is 0. The van der Waals surface area contributed by atoms with E-state index in [0.29, 0.717) is 15.7 Å². The molecule has 0 saturated heterocycles. The predicted octanol–water partition coefficient (Wildman–Crippen LogP) is 4.80. The summed E-state index contributed by atoms with van der Waals surface area (Å²) in [5.74, 6) is 0. The molecule has 3 nitrogen and oxygen atoms in total. The van der Waals surface area contributed by atoms with Crippen molar-refractivity contribution in [3.8, 4) is 11.3 Å². The second kappa shape index (κ2) is 4.88. The summed E-state index contributed by atoms with van der Waals surface area (Å²) in [5.41, 5.74) is 3.03. The molecular formula is C14H10Cl2N2OS. The van der Waals surface area contributed by atoms with Crippen LogP contribution in [0.3, 0.4) is 0 Å². The number of hydrogen-bond donors (Lipinski definition) is 0. The highest BCUT2D eigenvalue weighted by atomic mass is 35.5. The molecule has 2 aromatic heterocycles. The monoisotopic (exact) mass is 324 g/mol. The Kier molecular flexibility index (Phi) is 3.32. The fraction of sp³-hybridized carbons (Fsp3) is 0.143. The van der Waals surface area contributed by atoms with E-state index in [-0.39, 0.29) is 0 Å². The summed E-state index contributed by atoms with van der Waals surface area (Å²) in [4.78, 5) is 17.6. The number of fused-ring (bicyclic) bond motifs is 1. The van der Waals surface area contributed by atoms with Crippen molar-refractivity contribution in [1.82, 2.24) is 9.38 Å². The average Bonchev–Trinajstić information content (AvgIpc) is 2.83. The van der Waals surface area contributed by atoms with Crippen molar-refractivity contribution < 1.29 is 4.79 Å². The molecule has 0 fully saturated rings. The summed E-state index contributed by atoms with van der Waals surface area (Å²) in [6.07, 6.45) is 0.828. The first-order chi connectivity index (χ1) is 9.52. The van der Waals surface area contributed by atoms with Crippen LogP contribution in [-0.2, 0) is 0 Å². The average molecular weight is 325 g/mol. The number of benzene rings is 1.